The summed E-state index contributed by atoms with van der Waals surface area (Å²) in [5.74, 6) is 0.505. The van der Waals surface area contributed by atoms with Gasteiger partial charge in [0.25, 0.3) is 0 Å². The molecular weight excluding hydrogens is 467 g/mol. The Bertz CT molecular complexity index is 821. The number of hydrogen-bond donors (Lipinski definition) is 0. The average Bonchev–Trinajstić information content (AvgIpc) is 2.85. The van der Waals surface area contributed by atoms with Crippen molar-refractivity contribution in [3.8, 4) is 0 Å². The summed E-state index contributed by atoms with van der Waals surface area (Å²) in [4.78, 5) is 0. The van der Waals surface area contributed by atoms with Gasteiger partial charge in [0, 0.05) is 18.9 Å². The molecule has 0 N–H and O–H groups in total. The van der Waals surface area contributed by atoms with E-state index in [0.29, 0.717) is 19.8 Å². The minimum absolute atomic E-state index is 0.0208. The Kier molecular flexibility index (Phi) is 9.39. The lowest BCUT2D eigenvalue weighted by Gasteiger charge is -2.50. The van der Waals surface area contributed by atoms with Crippen molar-refractivity contribution >= 4 is 13.8 Å². The Labute approximate surface area is 211 Å². The van der Waals surface area contributed by atoms with Crippen LogP contribution in [-0.2, 0) is 39.8 Å². The molecule has 12 atom stereocenters. The van der Waals surface area contributed by atoms with Gasteiger partial charge in [0.2, 0.25) is 0 Å². The second-order valence-corrected chi connectivity index (χ2v) is 12.3. The first-order valence-corrected chi connectivity index (χ1v) is 14.8. The summed E-state index contributed by atoms with van der Waals surface area (Å²) >= 11 is 0. The van der Waals surface area contributed by atoms with Crippen LogP contribution < -0.4 is 0 Å². The van der Waals surface area contributed by atoms with E-state index in [4.69, 9.17) is 33.2 Å². The van der Waals surface area contributed by atoms with Crippen molar-refractivity contribution in [2.24, 2.45) is 17.8 Å². The molecule has 3 fully saturated rings. The van der Waals surface area contributed by atoms with E-state index in [1.54, 1.807) is 7.11 Å². The van der Waals surface area contributed by atoms with Crippen LogP contribution in [0, 0.1) is 17.8 Å². The molecule has 3 saturated heterocycles. The highest BCUT2D eigenvalue weighted by Gasteiger charge is 2.51. The van der Waals surface area contributed by atoms with Gasteiger partial charge < -0.3 is 33.2 Å². The summed E-state index contributed by atoms with van der Waals surface area (Å²) in [5, 5.41) is 0. The van der Waals surface area contributed by atoms with Crippen LogP contribution in [0.1, 0.15) is 33.3 Å². The fourth-order valence-electron chi connectivity index (χ4n) is 5.23. The second-order valence-electron chi connectivity index (χ2n) is 10.3. The molecule has 0 spiro atoms. The maximum absolute atomic E-state index is 6.75. The molecule has 0 radical (unpaired) electrons. The van der Waals surface area contributed by atoms with Crippen LogP contribution in [0.2, 0.25) is 0 Å². The smallest absolute Gasteiger partial charge is 0.324 e. The molecule has 3 heterocycles. The highest BCUT2D eigenvalue weighted by molar-refractivity contribution is 7.55. The molecule has 8 heteroatoms. The minimum atomic E-state index is -0.587. The monoisotopic (exact) mass is 509 g/mol. The fraction of sp³-hybridized carbons (Fsp3) is 0.741. The highest BCUT2D eigenvalue weighted by Crippen LogP contribution is 2.41. The first-order valence-electron chi connectivity index (χ1n) is 12.7. The van der Waals surface area contributed by atoms with Crippen LogP contribution in [0.3, 0.4) is 0 Å². The van der Waals surface area contributed by atoms with Crippen LogP contribution in [0.4, 0.5) is 0 Å². The molecule has 0 aromatic heterocycles. The predicted molar refractivity (Wildman–Crippen MR) is 137 cm³/mol. The number of hydrogen-bond acceptors (Lipinski definition) is 7. The normalized spacial score (nSPS) is 42.3. The summed E-state index contributed by atoms with van der Waals surface area (Å²) in [6, 6.07) is 9.99. The van der Waals surface area contributed by atoms with Gasteiger partial charge in [-0.2, -0.15) is 0 Å². The summed E-state index contributed by atoms with van der Waals surface area (Å²) in [6.07, 6.45) is 2.77. The van der Waals surface area contributed by atoms with E-state index >= 15 is 0 Å². The summed E-state index contributed by atoms with van der Waals surface area (Å²) in [7, 11) is 1.10. The Morgan fingerprint density at radius 2 is 1.71 bits per heavy atom. The highest BCUT2D eigenvalue weighted by atomic mass is 31.1. The van der Waals surface area contributed by atoms with E-state index in [-0.39, 0.29) is 60.4 Å². The quantitative estimate of drug-likeness (QED) is 0.485. The molecule has 3 aliphatic heterocycles. The number of methoxy groups -OCH3 is 1. The van der Waals surface area contributed by atoms with Crippen LogP contribution in [0.5, 0.6) is 0 Å². The lowest BCUT2D eigenvalue weighted by molar-refractivity contribution is -0.351. The van der Waals surface area contributed by atoms with E-state index < -0.39 is 13.8 Å². The topological polar surface area (TPSA) is 64.6 Å². The largest absolute Gasteiger partial charge is 0.382 e. The molecule has 7 nitrogen and oxygen atoms in total. The molecule has 4 rings (SSSR count). The third-order valence-electron chi connectivity index (χ3n) is 7.73. The molecule has 196 valence electrons. The number of benzene rings is 1. The van der Waals surface area contributed by atoms with Gasteiger partial charge in [-0.05, 0) is 18.4 Å². The van der Waals surface area contributed by atoms with Gasteiger partial charge in [-0.15, -0.1) is 0 Å². The zero-order valence-electron chi connectivity index (χ0n) is 21.9. The zero-order valence-corrected chi connectivity index (χ0v) is 22.8. The van der Waals surface area contributed by atoms with Crippen molar-refractivity contribution in [2.75, 3.05) is 27.0 Å². The fourth-order valence-corrected chi connectivity index (χ4v) is 5.92. The lowest BCUT2D eigenvalue weighted by atomic mass is 9.84. The van der Waals surface area contributed by atoms with E-state index in [0.717, 1.165) is 5.56 Å². The SMILES string of the molecule is C=[P+](C)C1OCC2OC(OC3C(COC)OC(C)C(C)C3OCc3ccccc3)C(C)C(C)C2O1. The molecular formula is C27H42O7P+. The molecule has 0 aliphatic carbocycles. The Balaban J connectivity index is 1.50. The van der Waals surface area contributed by atoms with Crippen molar-refractivity contribution in [3.63, 3.8) is 0 Å². The first kappa shape index (κ1) is 27.2. The van der Waals surface area contributed by atoms with Crippen molar-refractivity contribution in [1.82, 2.24) is 0 Å². The standard InChI is InChI=1S/C27H42O7P/c1-16-17(2)26(32-22-15-30-27(35(6)7)34-23(16)22)33-25-21(14-28-5)31-19(4)18(3)24(25)29-13-20-11-9-8-10-12-20/h8-12,16-19,21-27H,6,13-15H2,1-5,7H3/q+1. The average molecular weight is 510 g/mol. The third-order valence-corrected chi connectivity index (χ3v) is 8.73. The van der Waals surface area contributed by atoms with Gasteiger partial charge in [-0.25, -0.2) is 0 Å². The van der Waals surface area contributed by atoms with Gasteiger partial charge in [0.05, 0.1) is 44.4 Å². The van der Waals surface area contributed by atoms with Crippen molar-refractivity contribution in [3.05, 3.63) is 35.9 Å². The van der Waals surface area contributed by atoms with E-state index in [1.165, 1.54) is 0 Å². The second kappa shape index (κ2) is 12.1. The maximum atomic E-state index is 6.75. The van der Waals surface area contributed by atoms with E-state index in [1.807, 2.05) is 18.2 Å². The van der Waals surface area contributed by atoms with Crippen LogP contribution in [0.25, 0.3) is 0 Å². The van der Waals surface area contributed by atoms with Gasteiger partial charge in [0.15, 0.2) is 6.29 Å². The van der Waals surface area contributed by atoms with E-state index in [2.05, 4.69) is 52.8 Å². The van der Waals surface area contributed by atoms with Gasteiger partial charge in [-0.3, -0.25) is 0 Å². The lowest BCUT2D eigenvalue weighted by Crippen LogP contribution is -2.61. The number of fused-ring (bicyclic) bond motifs is 1. The number of rotatable bonds is 8. The molecule has 0 saturated carbocycles. The Morgan fingerprint density at radius 1 is 0.971 bits per heavy atom. The first-order chi connectivity index (χ1) is 16.8. The van der Waals surface area contributed by atoms with Crippen molar-refractivity contribution in [1.29, 1.82) is 0 Å². The molecule has 12 unspecified atom stereocenters. The Morgan fingerprint density at radius 3 is 2.40 bits per heavy atom. The molecule has 35 heavy (non-hydrogen) atoms. The third kappa shape index (κ3) is 6.16. The summed E-state index contributed by atoms with van der Waals surface area (Å²) in [6.45, 7) is 12.1. The summed E-state index contributed by atoms with van der Waals surface area (Å²) < 4.78 is 43.8. The minimum Gasteiger partial charge on any atom is -0.382 e. The molecule has 0 bridgehead atoms. The summed E-state index contributed by atoms with van der Waals surface area (Å²) in [5.41, 5.74) is 1.13. The van der Waals surface area contributed by atoms with Gasteiger partial charge in [0.1, 0.15) is 32.5 Å². The molecule has 1 aromatic carbocycles. The predicted octanol–water partition coefficient (Wildman–Crippen LogP) is 4.27. The van der Waals surface area contributed by atoms with Crippen molar-refractivity contribution < 1.29 is 33.2 Å². The molecule has 1 aromatic rings. The van der Waals surface area contributed by atoms with Crippen LogP contribution in [0.15, 0.2) is 30.3 Å². The van der Waals surface area contributed by atoms with Gasteiger partial charge in [-0.1, -0.05) is 51.1 Å². The van der Waals surface area contributed by atoms with Crippen LogP contribution >= 0.6 is 7.55 Å². The van der Waals surface area contributed by atoms with E-state index in [9.17, 15) is 0 Å². The van der Waals surface area contributed by atoms with Gasteiger partial charge >= 0.3 is 6.03 Å². The van der Waals surface area contributed by atoms with Crippen LogP contribution in [-0.4, -0.2) is 82.2 Å². The molecule has 0 amide bonds. The molecule has 3 aliphatic rings. The Hall–Kier alpha value is -0.890. The number of ether oxygens (including phenoxy) is 7. The maximum Gasteiger partial charge on any atom is 0.324 e. The van der Waals surface area contributed by atoms with Crippen molar-refractivity contribution in [2.45, 2.75) is 83.2 Å². The zero-order chi connectivity index (χ0) is 25.1.